The van der Waals surface area contributed by atoms with Gasteiger partial charge >= 0.3 is 12.0 Å². The number of amides is 2. The lowest BCUT2D eigenvalue weighted by Crippen LogP contribution is -2.53. The van der Waals surface area contributed by atoms with Crippen molar-refractivity contribution in [1.29, 1.82) is 0 Å². The molecule has 1 saturated heterocycles. The number of primary amides is 1. The van der Waals surface area contributed by atoms with Crippen LogP contribution in [0, 0.1) is 11.8 Å². The number of hydrogen-bond acceptors (Lipinski definition) is 3. The summed E-state index contributed by atoms with van der Waals surface area (Å²) in [5, 5.41) is 12.4. The molecule has 6 heteroatoms. The Balaban J connectivity index is 1.85. The molecule has 0 aromatic carbocycles. The van der Waals surface area contributed by atoms with Gasteiger partial charge in [-0.1, -0.05) is 6.42 Å². The van der Waals surface area contributed by atoms with Crippen molar-refractivity contribution < 1.29 is 14.7 Å². The molecule has 1 heterocycles. The van der Waals surface area contributed by atoms with Crippen molar-refractivity contribution in [3.8, 4) is 0 Å². The van der Waals surface area contributed by atoms with Crippen LogP contribution in [-0.2, 0) is 4.79 Å². The zero-order chi connectivity index (χ0) is 13.8. The van der Waals surface area contributed by atoms with Gasteiger partial charge in [-0.2, -0.15) is 0 Å². The van der Waals surface area contributed by atoms with Gasteiger partial charge in [0.05, 0.1) is 0 Å². The van der Waals surface area contributed by atoms with Crippen molar-refractivity contribution in [2.75, 3.05) is 19.6 Å². The summed E-state index contributed by atoms with van der Waals surface area (Å²) in [7, 11) is 0. The number of urea groups is 1. The number of nitrogens with zero attached hydrogens (tertiary/aromatic N) is 1. The fourth-order valence-electron chi connectivity index (χ4n) is 2.96. The van der Waals surface area contributed by atoms with E-state index in [9.17, 15) is 9.59 Å². The normalized spacial score (nSPS) is 27.9. The van der Waals surface area contributed by atoms with E-state index >= 15 is 0 Å². The largest absolute Gasteiger partial charge is 0.481 e. The summed E-state index contributed by atoms with van der Waals surface area (Å²) >= 11 is 0. The van der Waals surface area contributed by atoms with Crippen LogP contribution in [0.1, 0.15) is 32.1 Å². The maximum absolute atomic E-state index is 11.3. The predicted octanol–water partition coefficient (Wildman–Crippen LogP) is 0.620. The quantitative estimate of drug-likeness (QED) is 0.681. The van der Waals surface area contributed by atoms with Gasteiger partial charge in [-0.25, -0.2) is 4.79 Å². The summed E-state index contributed by atoms with van der Waals surface area (Å²) < 4.78 is 0. The van der Waals surface area contributed by atoms with Gasteiger partial charge in [0, 0.05) is 25.6 Å². The number of piperidine rings is 1. The zero-order valence-corrected chi connectivity index (χ0v) is 11.2. The van der Waals surface area contributed by atoms with E-state index < -0.39 is 12.0 Å². The summed E-state index contributed by atoms with van der Waals surface area (Å²) in [5.74, 6) is -0.0615. The minimum absolute atomic E-state index is 0.00218. The Labute approximate surface area is 113 Å². The molecule has 19 heavy (non-hydrogen) atoms. The van der Waals surface area contributed by atoms with Crippen LogP contribution in [-0.4, -0.2) is 47.7 Å². The van der Waals surface area contributed by atoms with Gasteiger partial charge in [0.15, 0.2) is 0 Å². The molecular formula is C13H23N3O3. The summed E-state index contributed by atoms with van der Waals surface area (Å²) in [5.41, 5.74) is 5.33. The Morgan fingerprint density at radius 1 is 1.26 bits per heavy atom. The van der Waals surface area contributed by atoms with Crippen LogP contribution >= 0.6 is 0 Å². The fraction of sp³-hybridized carbons (Fsp3) is 0.846. The first-order valence-electron chi connectivity index (χ1n) is 7.04. The molecule has 4 N–H and O–H groups in total. The highest BCUT2D eigenvalue weighted by Gasteiger charge is 2.30. The Morgan fingerprint density at radius 2 is 2.00 bits per heavy atom. The number of nitrogens with two attached hydrogens (primary N) is 1. The lowest BCUT2D eigenvalue weighted by atomic mass is 9.84. The van der Waals surface area contributed by atoms with Gasteiger partial charge in [-0.15, -0.1) is 0 Å². The van der Waals surface area contributed by atoms with E-state index in [1.807, 2.05) is 0 Å². The van der Waals surface area contributed by atoms with Gasteiger partial charge in [0.2, 0.25) is 0 Å². The molecule has 0 aromatic heterocycles. The van der Waals surface area contributed by atoms with Crippen LogP contribution in [0.2, 0.25) is 0 Å². The first kappa shape index (κ1) is 14.1. The molecule has 108 valence electrons. The molecule has 0 radical (unpaired) electrons. The number of aliphatic carboxylic acids is 1. The average molecular weight is 269 g/mol. The SMILES string of the molecule is NC(=O)N1CC(CC(=O)O)CC(NCC2CCC2)C1. The molecule has 2 fully saturated rings. The summed E-state index contributed by atoms with van der Waals surface area (Å²) in [6.07, 6.45) is 4.77. The standard InChI is InChI=1S/C13H23N3O3/c14-13(19)16-7-10(5-12(17)18)4-11(8-16)15-6-9-2-1-3-9/h9-11,15H,1-8H2,(H2,14,19)(H,17,18). The van der Waals surface area contributed by atoms with Gasteiger partial charge < -0.3 is 21.1 Å². The van der Waals surface area contributed by atoms with Crippen molar-refractivity contribution in [1.82, 2.24) is 10.2 Å². The minimum atomic E-state index is -0.811. The topological polar surface area (TPSA) is 95.7 Å². The third kappa shape index (κ3) is 4.09. The second kappa shape index (κ2) is 6.23. The molecule has 2 aliphatic rings. The van der Waals surface area contributed by atoms with E-state index in [1.54, 1.807) is 4.90 Å². The van der Waals surface area contributed by atoms with Crippen molar-refractivity contribution in [2.45, 2.75) is 38.1 Å². The number of carbonyl (C=O) groups excluding carboxylic acids is 1. The molecular weight excluding hydrogens is 246 g/mol. The molecule has 6 nitrogen and oxygen atoms in total. The second-order valence-corrected chi connectivity index (χ2v) is 5.84. The maximum Gasteiger partial charge on any atom is 0.314 e. The highest BCUT2D eigenvalue weighted by atomic mass is 16.4. The number of hydrogen-bond donors (Lipinski definition) is 3. The number of nitrogens with one attached hydrogen (secondary N) is 1. The molecule has 2 unspecified atom stereocenters. The van der Waals surface area contributed by atoms with Crippen LogP contribution < -0.4 is 11.1 Å². The van der Waals surface area contributed by atoms with E-state index in [-0.39, 0.29) is 18.4 Å². The van der Waals surface area contributed by atoms with Crippen LogP contribution in [0.5, 0.6) is 0 Å². The number of rotatable bonds is 5. The lowest BCUT2D eigenvalue weighted by Gasteiger charge is -2.38. The minimum Gasteiger partial charge on any atom is -0.481 e. The predicted molar refractivity (Wildman–Crippen MR) is 70.6 cm³/mol. The van der Waals surface area contributed by atoms with E-state index in [0.717, 1.165) is 18.9 Å². The summed E-state index contributed by atoms with van der Waals surface area (Å²) in [6, 6.07) is -0.281. The third-order valence-electron chi connectivity index (χ3n) is 4.23. The van der Waals surface area contributed by atoms with Crippen molar-refractivity contribution in [3.05, 3.63) is 0 Å². The first-order chi connectivity index (χ1) is 9.04. The van der Waals surface area contributed by atoms with E-state index in [2.05, 4.69) is 5.32 Å². The lowest BCUT2D eigenvalue weighted by molar-refractivity contribution is -0.138. The third-order valence-corrected chi connectivity index (χ3v) is 4.23. The summed E-state index contributed by atoms with van der Waals surface area (Å²) in [4.78, 5) is 23.7. The van der Waals surface area contributed by atoms with E-state index in [1.165, 1.54) is 19.3 Å². The molecule has 1 aliphatic heterocycles. The smallest absolute Gasteiger partial charge is 0.314 e. The van der Waals surface area contributed by atoms with Gasteiger partial charge in [-0.05, 0) is 37.6 Å². The Hall–Kier alpha value is -1.30. The van der Waals surface area contributed by atoms with Crippen LogP contribution in [0.25, 0.3) is 0 Å². The number of likely N-dealkylation sites (tertiary alicyclic amines) is 1. The van der Waals surface area contributed by atoms with E-state index in [4.69, 9.17) is 10.8 Å². The highest BCUT2D eigenvalue weighted by molar-refractivity contribution is 5.72. The molecule has 0 aromatic rings. The van der Waals surface area contributed by atoms with Crippen LogP contribution in [0.4, 0.5) is 4.79 Å². The number of carbonyl (C=O) groups is 2. The Morgan fingerprint density at radius 3 is 2.53 bits per heavy atom. The molecule has 1 saturated carbocycles. The Bertz CT molecular complexity index is 344. The molecule has 2 rings (SSSR count). The average Bonchev–Trinajstić information content (AvgIpc) is 2.25. The second-order valence-electron chi connectivity index (χ2n) is 5.84. The van der Waals surface area contributed by atoms with Gasteiger partial charge in [0.1, 0.15) is 0 Å². The van der Waals surface area contributed by atoms with E-state index in [0.29, 0.717) is 13.1 Å². The van der Waals surface area contributed by atoms with Crippen LogP contribution in [0.3, 0.4) is 0 Å². The van der Waals surface area contributed by atoms with Crippen molar-refractivity contribution >= 4 is 12.0 Å². The monoisotopic (exact) mass is 269 g/mol. The molecule has 1 aliphatic carbocycles. The summed E-state index contributed by atoms with van der Waals surface area (Å²) in [6.45, 7) is 2.03. The fourth-order valence-corrected chi connectivity index (χ4v) is 2.96. The Kier molecular flexibility index (Phi) is 4.63. The molecule has 0 spiro atoms. The molecule has 2 atom stereocenters. The number of carboxylic acid groups (broad SMARTS) is 1. The van der Waals surface area contributed by atoms with Gasteiger partial charge in [-0.3, -0.25) is 4.79 Å². The number of carboxylic acids is 1. The maximum atomic E-state index is 11.3. The zero-order valence-electron chi connectivity index (χ0n) is 11.2. The molecule has 2 amide bonds. The first-order valence-corrected chi connectivity index (χ1v) is 7.04. The highest BCUT2D eigenvalue weighted by Crippen LogP contribution is 2.26. The van der Waals surface area contributed by atoms with Crippen LogP contribution in [0.15, 0.2) is 0 Å². The van der Waals surface area contributed by atoms with Crippen molar-refractivity contribution in [3.63, 3.8) is 0 Å². The van der Waals surface area contributed by atoms with Crippen molar-refractivity contribution in [2.24, 2.45) is 17.6 Å². The van der Waals surface area contributed by atoms with Gasteiger partial charge in [0.25, 0.3) is 0 Å². The molecule has 0 bridgehead atoms.